The molecule has 0 radical (unpaired) electrons. The van der Waals surface area contributed by atoms with Crippen molar-refractivity contribution in [1.82, 2.24) is 0 Å². The Hall–Kier alpha value is -3.08. The number of carbonyl (C=O) groups excluding carboxylic acids is 1. The Labute approximate surface area is 144 Å². The average molecular weight is 338 g/mol. The van der Waals surface area contributed by atoms with Crippen LogP contribution in [0.2, 0.25) is 0 Å². The predicted molar refractivity (Wildman–Crippen MR) is 93.6 cm³/mol. The standard InChI is InChI=1S/C20H18O5/c1-2-15-10-19(21)25-18-11-16(8-9-17(15)18)23-13-20(22)24-12-14-6-4-3-5-7-14/h3-11H,2,12-13H2,1H3. The Kier molecular flexibility index (Phi) is 5.14. The number of ether oxygens (including phenoxy) is 2. The van der Waals surface area contributed by atoms with Crippen LogP contribution in [0, 0.1) is 0 Å². The summed E-state index contributed by atoms with van der Waals surface area (Å²) in [4.78, 5) is 23.4. The molecule has 0 unspecified atom stereocenters. The zero-order valence-electron chi connectivity index (χ0n) is 13.9. The zero-order chi connectivity index (χ0) is 17.6. The first-order valence-electron chi connectivity index (χ1n) is 8.05. The van der Waals surface area contributed by atoms with Crippen LogP contribution in [0.5, 0.6) is 5.75 Å². The second-order valence-corrected chi connectivity index (χ2v) is 5.54. The number of hydrogen-bond donors (Lipinski definition) is 0. The predicted octanol–water partition coefficient (Wildman–Crippen LogP) is 3.48. The molecule has 25 heavy (non-hydrogen) atoms. The number of fused-ring (bicyclic) bond motifs is 1. The summed E-state index contributed by atoms with van der Waals surface area (Å²) in [6.45, 7) is 1.97. The smallest absolute Gasteiger partial charge is 0.344 e. The zero-order valence-corrected chi connectivity index (χ0v) is 13.9. The first kappa shape index (κ1) is 16.8. The molecule has 3 aromatic rings. The molecule has 0 aliphatic heterocycles. The van der Waals surface area contributed by atoms with Crippen molar-refractivity contribution in [1.29, 1.82) is 0 Å². The summed E-state index contributed by atoms with van der Waals surface area (Å²) >= 11 is 0. The van der Waals surface area contributed by atoms with Crippen LogP contribution in [0.4, 0.5) is 0 Å². The molecule has 3 rings (SSSR count). The van der Waals surface area contributed by atoms with Crippen LogP contribution in [0.25, 0.3) is 11.0 Å². The van der Waals surface area contributed by atoms with E-state index in [-0.39, 0.29) is 13.2 Å². The number of esters is 1. The lowest BCUT2D eigenvalue weighted by atomic mass is 10.1. The SMILES string of the molecule is CCc1cc(=O)oc2cc(OCC(=O)OCc3ccccc3)ccc12. The van der Waals surface area contributed by atoms with E-state index in [4.69, 9.17) is 13.9 Å². The van der Waals surface area contributed by atoms with Gasteiger partial charge in [-0.25, -0.2) is 9.59 Å². The summed E-state index contributed by atoms with van der Waals surface area (Å²) in [6.07, 6.45) is 0.730. The summed E-state index contributed by atoms with van der Waals surface area (Å²) in [7, 11) is 0. The van der Waals surface area contributed by atoms with Crippen LogP contribution >= 0.6 is 0 Å². The Morgan fingerprint density at radius 1 is 1.08 bits per heavy atom. The van der Waals surface area contributed by atoms with Crippen molar-refractivity contribution in [2.75, 3.05) is 6.61 Å². The Morgan fingerprint density at radius 3 is 2.64 bits per heavy atom. The molecular formula is C20H18O5. The van der Waals surface area contributed by atoms with Crippen molar-refractivity contribution >= 4 is 16.9 Å². The fourth-order valence-electron chi connectivity index (χ4n) is 2.51. The third-order valence-corrected chi connectivity index (χ3v) is 3.78. The molecule has 0 saturated heterocycles. The van der Waals surface area contributed by atoms with E-state index in [2.05, 4.69) is 0 Å². The summed E-state index contributed by atoms with van der Waals surface area (Å²) in [5, 5.41) is 0.862. The van der Waals surface area contributed by atoms with Gasteiger partial charge in [-0.1, -0.05) is 37.3 Å². The van der Waals surface area contributed by atoms with Crippen molar-refractivity contribution in [3.63, 3.8) is 0 Å². The van der Waals surface area contributed by atoms with E-state index in [0.29, 0.717) is 11.3 Å². The first-order chi connectivity index (χ1) is 12.2. The number of rotatable bonds is 6. The van der Waals surface area contributed by atoms with Crippen LogP contribution in [0.1, 0.15) is 18.1 Å². The molecule has 2 aromatic carbocycles. The van der Waals surface area contributed by atoms with Gasteiger partial charge < -0.3 is 13.9 Å². The Balaban J connectivity index is 1.63. The van der Waals surface area contributed by atoms with E-state index in [1.807, 2.05) is 43.3 Å². The highest BCUT2D eigenvalue weighted by Gasteiger charge is 2.08. The van der Waals surface area contributed by atoms with Crippen LogP contribution < -0.4 is 10.4 Å². The van der Waals surface area contributed by atoms with Crippen LogP contribution in [-0.2, 0) is 22.6 Å². The van der Waals surface area contributed by atoms with Gasteiger partial charge in [0.25, 0.3) is 0 Å². The average Bonchev–Trinajstić information content (AvgIpc) is 2.64. The van der Waals surface area contributed by atoms with Gasteiger partial charge in [-0.2, -0.15) is 0 Å². The highest BCUT2D eigenvalue weighted by atomic mass is 16.6. The van der Waals surface area contributed by atoms with E-state index in [1.165, 1.54) is 6.07 Å². The molecule has 128 valence electrons. The summed E-state index contributed by atoms with van der Waals surface area (Å²) in [6, 6.07) is 16.1. The van der Waals surface area contributed by atoms with Gasteiger partial charge in [0.1, 0.15) is 17.9 Å². The largest absolute Gasteiger partial charge is 0.482 e. The molecule has 0 spiro atoms. The molecular weight excluding hydrogens is 320 g/mol. The maximum absolute atomic E-state index is 11.8. The highest BCUT2D eigenvalue weighted by Crippen LogP contribution is 2.23. The summed E-state index contributed by atoms with van der Waals surface area (Å²) in [5.74, 6) is -0.0201. The van der Waals surface area contributed by atoms with Gasteiger partial charge in [0.05, 0.1) is 0 Å². The van der Waals surface area contributed by atoms with E-state index in [0.717, 1.165) is 22.9 Å². The maximum Gasteiger partial charge on any atom is 0.344 e. The third kappa shape index (κ3) is 4.26. The maximum atomic E-state index is 11.8. The Bertz CT molecular complexity index is 928. The highest BCUT2D eigenvalue weighted by molar-refractivity contribution is 5.81. The number of benzene rings is 2. The Morgan fingerprint density at radius 2 is 1.88 bits per heavy atom. The lowest BCUT2D eigenvalue weighted by Gasteiger charge is -2.08. The van der Waals surface area contributed by atoms with E-state index in [1.54, 1.807) is 12.1 Å². The van der Waals surface area contributed by atoms with Crippen molar-refractivity contribution in [2.45, 2.75) is 20.0 Å². The fourth-order valence-corrected chi connectivity index (χ4v) is 2.51. The molecule has 0 saturated carbocycles. The van der Waals surface area contributed by atoms with E-state index < -0.39 is 11.6 Å². The lowest BCUT2D eigenvalue weighted by molar-refractivity contribution is -0.147. The van der Waals surface area contributed by atoms with Gasteiger partial charge in [-0.15, -0.1) is 0 Å². The molecule has 0 aliphatic rings. The normalized spacial score (nSPS) is 10.6. The number of carbonyl (C=O) groups is 1. The minimum atomic E-state index is -0.465. The van der Waals surface area contributed by atoms with Crippen molar-refractivity contribution < 1.29 is 18.7 Å². The second kappa shape index (κ2) is 7.66. The quantitative estimate of drug-likeness (QED) is 0.508. The summed E-state index contributed by atoms with van der Waals surface area (Å²) in [5.41, 5.74) is 1.87. The van der Waals surface area contributed by atoms with Gasteiger partial charge in [-0.3, -0.25) is 0 Å². The first-order valence-corrected chi connectivity index (χ1v) is 8.05. The molecule has 1 heterocycles. The summed E-state index contributed by atoms with van der Waals surface area (Å²) < 4.78 is 15.8. The fraction of sp³-hybridized carbons (Fsp3) is 0.200. The third-order valence-electron chi connectivity index (χ3n) is 3.78. The number of aryl methyl sites for hydroxylation is 1. The van der Waals surface area contributed by atoms with Crippen LogP contribution in [0.3, 0.4) is 0 Å². The van der Waals surface area contributed by atoms with Crippen molar-refractivity contribution in [3.05, 3.63) is 76.1 Å². The molecule has 0 aliphatic carbocycles. The van der Waals surface area contributed by atoms with Gasteiger partial charge in [0, 0.05) is 17.5 Å². The molecule has 0 bridgehead atoms. The van der Waals surface area contributed by atoms with Crippen molar-refractivity contribution in [2.24, 2.45) is 0 Å². The minimum Gasteiger partial charge on any atom is -0.482 e. The molecule has 0 fully saturated rings. The topological polar surface area (TPSA) is 65.7 Å². The number of hydrogen-bond acceptors (Lipinski definition) is 5. The van der Waals surface area contributed by atoms with Gasteiger partial charge in [0.15, 0.2) is 6.61 Å². The molecule has 1 aromatic heterocycles. The molecule has 5 heteroatoms. The van der Waals surface area contributed by atoms with Gasteiger partial charge in [-0.05, 0) is 29.7 Å². The lowest BCUT2D eigenvalue weighted by Crippen LogP contribution is -2.14. The van der Waals surface area contributed by atoms with Crippen LogP contribution in [0.15, 0.2) is 63.8 Å². The van der Waals surface area contributed by atoms with Crippen LogP contribution in [-0.4, -0.2) is 12.6 Å². The van der Waals surface area contributed by atoms with Gasteiger partial charge in [0.2, 0.25) is 0 Å². The van der Waals surface area contributed by atoms with Gasteiger partial charge >= 0.3 is 11.6 Å². The molecule has 0 amide bonds. The monoisotopic (exact) mass is 338 g/mol. The molecule has 0 N–H and O–H groups in total. The van der Waals surface area contributed by atoms with Crippen molar-refractivity contribution in [3.8, 4) is 5.75 Å². The van der Waals surface area contributed by atoms with E-state index in [9.17, 15) is 9.59 Å². The molecule has 0 atom stereocenters. The second-order valence-electron chi connectivity index (χ2n) is 5.54. The van der Waals surface area contributed by atoms with E-state index >= 15 is 0 Å². The minimum absolute atomic E-state index is 0.204. The molecule has 5 nitrogen and oxygen atoms in total.